The molecule has 0 amide bonds. The topological polar surface area (TPSA) is 88.4 Å². The molecule has 8 nitrogen and oxygen atoms in total. The lowest BCUT2D eigenvalue weighted by molar-refractivity contribution is -0.139. The van der Waals surface area contributed by atoms with Crippen molar-refractivity contribution in [1.29, 1.82) is 0 Å². The van der Waals surface area contributed by atoms with Crippen molar-refractivity contribution in [3.63, 3.8) is 0 Å². The van der Waals surface area contributed by atoms with E-state index in [1.807, 2.05) is 38.1 Å². The van der Waals surface area contributed by atoms with Gasteiger partial charge in [-0.25, -0.2) is 9.79 Å². The molecule has 208 valence electrons. The van der Waals surface area contributed by atoms with Crippen molar-refractivity contribution in [2.24, 2.45) is 4.99 Å². The zero-order chi connectivity index (χ0) is 29.0. The van der Waals surface area contributed by atoms with E-state index in [4.69, 9.17) is 37.0 Å². The maximum atomic E-state index is 14.0. The number of ether oxygens (including phenoxy) is 4. The number of benzene rings is 2. The Morgan fingerprint density at radius 3 is 2.70 bits per heavy atom. The number of allylic oxidation sites excluding steroid dienone is 1. The second kappa shape index (κ2) is 12.5. The fourth-order valence-electron chi connectivity index (χ4n) is 4.38. The van der Waals surface area contributed by atoms with Crippen LogP contribution in [0.2, 0.25) is 5.02 Å². The molecule has 0 fully saturated rings. The van der Waals surface area contributed by atoms with Crippen LogP contribution in [0.1, 0.15) is 44.9 Å². The Kier molecular flexibility index (Phi) is 9.03. The van der Waals surface area contributed by atoms with Crippen molar-refractivity contribution in [3.8, 4) is 29.6 Å². The lowest BCUT2D eigenvalue weighted by Gasteiger charge is -2.26. The molecular weight excluding hydrogens is 552 g/mol. The molecule has 2 aromatic carbocycles. The molecular formula is C30H29ClN2O6S. The molecule has 0 bridgehead atoms. The maximum Gasteiger partial charge on any atom is 0.338 e. The highest BCUT2D eigenvalue weighted by Gasteiger charge is 2.35. The fraction of sp³-hybridized carbons (Fsp3) is 0.300. The Morgan fingerprint density at radius 2 is 2.02 bits per heavy atom. The van der Waals surface area contributed by atoms with E-state index in [1.165, 1.54) is 23.0 Å². The van der Waals surface area contributed by atoms with Gasteiger partial charge in [0.15, 0.2) is 16.3 Å². The Balaban J connectivity index is 1.94. The number of aromatic nitrogens is 1. The minimum Gasteiger partial charge on any atom is -0.493 e. The highest BCUT2D eigenvalue weighted by atomic mass is 35.5. The molecule has 4 rings (SSSR count). The molecule has 0 N–H and O–H groups in total. The molecule has 0 aliphatic carbocycles. The number of carbonyl (C=O) groups excluding carboxylic acids is 1. The van der Waals surface area contributed by atoms with Crippen LogP contribution in [0.3, 0.4) is 0 Å². The van der Waals surface area contributed by atoms with Gasteiger partial charge in [0.1, 0.15) is 18.4 Å². The first-order valence-corrected chi connectivity index (χ1v) is 13.8. The third-order valence-corrected chi connectivity index (χ3v) is 7.21. The summed E-state index contributed by atoms with van der Waals surface area (Å²) in [6, 6.07) is 9.92. The molecule has 10 heteroatoms. The molecule has 0 unspecified atom stereocenters. The van der Waals surface area contributed by atoms with E-state index in [-0.39, 0.29) is 35.5 Å². The number of carbonyl (C=O) groups is 1. The zero-order valence-corrected chi connectivity index (χ0v) is 24.4. The van der Waals surface area contributed by atoms with Crippen LogP contribution in [0.5, 0.6) is 17.2 Å². The third-order valence-electron chi connectivity index (χ3n) is 5.94. The van der Waals surface area contributed by atoms with Crippen LogP contribution in [0.4, 0.5) is 0 Å². The molecule has 1 aliphatic rings. The Hall–Kier alpha value is -4.00. The Bertz CT molecular complexity index is 1700. The average molecular weight is 581 g/mol. The summed E-state index contributed by atoms with van der Waals surface area (Å²) in [7, 11) is 1.49. The monoisotopic (exact) mass is 580 g/mol. The summed E-state index contributed by atoms with van der Waals surface area (Å²) in [5, 5.41) is 0.284. The molecule has 2 heterocycles. The number of thiazole rings is 1. The fourth-order valence-corrected chi connectivity index (χ4v) is 5.70. The Labute approximate surface area is 241 Å². The highest BCUT2D eigenvalue weighted by molar-refractivity contribution is 7.07. The average Bonchev–Trinajstić information content (AvgIpc) is 3.21. The van der Waals surface area contributed by atoms with Crippen LogP contribution in [0, 0.1) is 12.3 Å². The van der Waals surface area contributed by atoms with Gasteiger partial charge in [-0.1, -0.05) is 47.1 Å². The summed E-state index contributed by atoms with van der Waals surface area (Å²) >= 11 is 7.66. The quantitative estimate of drug-likeness (QED) is 0.278. The maximum absolute atomic E-state index is 14.0. The largest absolute Gasteiger partial charge is 0.493 e. The van der Waals surface area contributed by atoms with E-state index >= 15 is 0 Å². The van der Waals surface area contributed by atoms with Crippen LogP contribution in [-0.2, 0) is 9.53 Å². The standard InChI is InChI=1S/C30H29ClN2O6S/c1-7-13-38-27-21(31)14-19(15-23(27)36-6)16-24-28(34)33-26(20-11-9-10-12-22(20)39-17(3)4)25(29(35)37-8-2)18(5)32-30(33)40-24/h1,9-12,14-17,26H,8,13H2,2-6H3/b24-16+/t26-/m1/s1. The summed E-state index contributed by atoms with van der Waals surface area (Å²) in [5.74, 6) is 3.11. The summed E-state index contributed by atoms with van der Waals surface area (Å²) in [6.45, 7) is 7.51. The summed E-state index contributed by atoms with van der Waals surface area (Å²) < 4.78 is 24.3. The van der Waals surface area contributed by atoms with Gasteiger partial charge in [0.05, 0.1) is 40.6 Å². The van der Waals surface area contributed by atoms with Crippen LogP contribution in [0.25, 0.3) is 6.08 Å². The van der Waals surface area contributed by atoms with Gasteiger partial charge in [-0.3, -0.25) is 9.36 Å². The molecule has 1 atom stereocenters. The normalized spacial score (nSPS) is 14.8. The van der Waals surface area contributed by atoms with Crippen LogP contribution < -0.4 is 29.1 Å². The van der Waals surface area contributed by atoms with E-state index in [0.717, 1.165) is 0 Å². The molecule has 1 aromatic heterocycles. The van der Waals surface area contributed by atoms with Gasteiger partial charge in [0, 0.05) is 5.56 Å². The lowest BCUT2D eigenvalue weighted by Crippen LogP contribution is -2.40. The van der Waals surface area contributed by atoms with Gasteiger partial charge in [0.2, 0.25) is 0 Å². The molecule has 0 saturated heterocycles. The molecule has 1 aliphatic heterocycles. The number of methoxy groups -OCH3 is 1. The number of halogens is 1. The first-order chi connectivity index (χ1) is 19.2. The smallest absolute Gasteiger partial charge is 0.338 e. The number of esters is 1. The van der Waals surface area contributed by atoms with Gasteiger partial charge in [-0.15, -0.1) is 6.42 Å². The first kappa shape index (κ1) is 29.0. The molecule has 40 heavy (non-hydrogen) atoms. The van der Waals surface area contributed by atoms with Gasteiger partial charge in [-0.05, 0) is 57.5 Å². The predicted octanol–water partition coefficient (Wildman–Crippen LogP) is 4.26. The number of nitrogens with zero attached hydrogens (tertiary/aromatic N) is 2. The van der Waals surface area contributed by atoms with Crippen molar-refractivity contribution in [2.45, 2.75) is 39.8 Å². The summed E-state index contributed by atoms with van der Waals surface area (Å²) in [5.41, 5.74) is 1.68. The van der Waals surface area contributed by atoms with Crippen LogP contribution >= 0.6 is 22.9 Å². The van der Waals surface area contributed by atoms with E-state index in [1.54, 1.807) is 32.1 Å². The van der Waals surface area contributed by atoms with Gasteiger partial charge < -0.3 is 18.9 Å². The minimum absolute atomic E-state index is 0.0260. The number of fused-ring (bicyclic) bond motifs is 1. The van der Waals surface area contributed by atoms with Gasteiger partial charge >= 0.3 is 5.97 Å². The third kappa shape index (κ3) is 5.79. The van der Waals surface area contributed by atoms with E-state index in [2.05, 4.69) is 10.9 Å². The van der Waals surface area contributed by atoms with Crippen molar-refractivity contribution < 1.29 is 23.7 Å². The molecule has 0 saturated carbocycles. The molecule has 0 spiro atoms. The lowest BCUT2D eigenvalue weighted by atomic mass is 9.95. The first-order valence-electron chi connectivity index (χ1n) is 12.6. The van der Waals surface area contributed by atoms with Crippen LogP contribution in [0.15, 0.2) is 57.5 Å². The number of hydrogen-bond donors (Lipinski definition) is 0. The summed E-state index contributed by atoms with van der Waals surface area (Å²) in [6.07, 6.45) is 6.88. The number of para-hydroxylation sites is 1. The van der Waals surface area contributed by atoms with Gasteiger partial charge in [0.25, 0.3) is 5.56 Å². The molecule has 0 radical (unpaired) electrons. The van der Waals surface area contributed by atoms with Crippen LogP contribution in [-0.4, -0.2) is 37.0 Å². The van der Waals surface area contributed by atoms with E-state index in [9.17, 15) is 9.59 Å². The second-order valence-electron chi connectivity index (χ2n) is 9.03. The number of rotatable bonds is 9. The van der Waals surface area contributed by atoms with Crippen molar-refractivity contribution >= 4 is 35.0 Å². The highest BCUT2D eigenvalue weighted by Crippen LogP contribution is 2.37. The summed E-state index contributed by atoms with van der Waals surface area (Å²) in [4.78, 5) is 32.2. The number of terminal acetylenes is 1. The predicted molar refractivity (Wildman–Crippen MR) is 155 cm³/mol. The van der Waals surface area contributed by atoms with E-state index in [0.29, 0.717) is 43.4 Å². The second-order valence-corrected chi connectivity index (χ2v) is 10.4. The van der Waals surface area contributed by atoms with Gasteiger partial charge in [-0.2, -0.15) is 0 Å². The molecule has 3 aromatic rings. The SMILES string of the molecule is C#CCOc1c(Cl)cc(/C=c2/sc3n(c2=O)[C@H](c2ccccc2OC(C)C)C(C(=O)OCC)=C(C)N=3)cc1OC. The van der Waals surface area contributed by atoms with Crippen molar-refractivity contribution in [2.75, 3.05) is 20.3 Å². The minimum atomic E-state index is -0.801. The van der Waals surface area contributed by atoms with E-state index < -0.39 is 12.0 Å². The Morgan fingerprint density at radius 1 is 1.27 bits per heavy atom. The zero-order valence-electron chi connectivity index (χ0n) is 22.8. The van der Waals surface area contributed by atoms with Crippen molar-refractivity contribution in [1.82, 2.24) is 4.57 Å². The van der Waals surface area contributed by atoms with Crippen molar-refractivity contribution in [3.05, 3.63) is 83.5 Å². The number of hydrogen-bond acceptors (Lipinski definition) is 8.